The molecule has 0 radical (unpaired) electrons. The number of aryl methyl sites for hydroxylation is 3. The lowest BCUT2D eigenvalue weighted by Crippen LogP contribution is -2.53. The standard InChI is InChI=1S/C38H45N3O5S/c1-6-7-23-39-38(43)35(25-31-11-9-8-10-12-31)40(26-32-18-13-28(2)14-19-32)37(42)27-41(34-24-30(4)17-22-36(34)46-5)47(44,45)33-20-15-29(3)16-21-33/h8-22,24,35H,6-7,23,25-27H2,1-5H3,(H,39,43). The van der Waals surface area contributed by atoms with Crippen molar-refractivity contribution in [1.82, 2.24) is 10.2 Å². The Hall–Kier alpha value is -4.63. The fourth-order valence-electron chi connectivity index (χ4n) is 5.30. The van der Waals surface area contributed by atoms with Gasteiger partial charge in [-0.2, -0.15) is 0 Å². The molecule has 0 aliphatic heterocycles. The number of carbonyl (C=O) groups excluding carboxylic acids is 2. The lowest BCUT2D eigenvalue weighted by Gasteiger charge is -2.34. The zero-order chi connectivity index (χ0) is 34.0. The lowest BCUT2D eigenvalue weighted by molar-refractivity contribution is -0.140. The highest BCUT2D eigenvalue weighted by Crippen LogP contribution is 2.34. The second-order valence-corrected chi connectivity index (χ2v) is 13.7. The summed E-state index contributed by atoms with van der Waals surface area (Å²) in [5.41, 5.74) is 4.71. The van der Waals surface area contributed by atoms with Gasteiger partial charge in [0.15, 0.2) is 0 Å². The Kier molecular flexibility index (Phi) is 12.2. The molecule has 248 valence electrons. The first kappa shape index (κ1) is 35.2. The van der Waals surface area contributed by atoms with Crippen molar-refractivity contribution in [3.63, 3.8) is 0 Å². The van der Waals surface area contributed by atoms with Crippen LogP contribution in [-0.2, 0) is 32.6 Å². The second-order valence-electron chi connectivity index (χ2n) is 11.9. The van der Waals surface area contributed by atoms with Gasteiger partial charge in [0.1, 0.15) is 18.3 Å². The van der Waals surface area contributed by atoms with Crippen molar-refractivity contribution in [3.8, 4) is 5.75 Å². The molecule has 1 unspecified atom stereocenters. The van der Waals surface area contributed by atoms with Crippen LogP contribution in [0.5, 0.6) is 5.75 Å². The largest absolute Gasteiger partial charge is 0.495 e. The number of unbranched alkanes of at least 4 members (excludes halogenated alkanes) is 1. The number of nitrogens with zero attached hydrogens (tertiary/aromatic N) is 2. The van der Waals surface area contributed by atoms with E-state index >= 15 is 0 Å². The first-order valence-corrected chi connectivity index (χ1v) is 17.4. The number of benzene rings is 4. The summed E-state index contributed by atoms with van der Waals surface area (Å²) in [6, 6.07) is 28.1. The van der Waals surface area contributed by atoms with E-state index in [9.17, 15) is 18.0 Å². The number of methoxy groups -OCH3 is 1. The fraction of sp³-hybridized carbons (Fsp3) is 0.316. The minimum absolute atomic E-state index is 0.0442. The van der Waals surface area contributed by atoms with Crippen molar-refractivity contribution in [2.75, 3.05) is 24.5 Å². The quantitative estimate of drug-likeness (QED) is 0.150. The van der Waals surface area contributed by atoms with Gasteiger partial charge in [0.2, 0.25) is 11.8 Å². The third kappa shape index (κ3) is 9.23. The van der Waals surface area contributed by atoms with E-state index in [1.54, 1.807) is 24.3 Å². The summed E-state index contributed by atoms with van der Waals surface area (Å²) in [5.74, 6) is -0.498. The molecule has 0 aliphatic carbocycles. The molecule has 0 bridgehead atoms. The van der Waals surface area contributed by atoms with Crippen LogP contribution in [-0.4, -0.2) is 51.4 Å². The Morgan fingerprint density at radius 3 is 2.04 bits per heavy atom. The van der Waals surface area contributed by atoms with Crippen molar-refractivity contribution >= 4 is 27.5 Å². The van der Waals surface area contributed by atoms with Crippen LogP contribution >= 0.6 is 0 Å². The van der Waals surface area contributed by atoms with Crippen molar-refractivity contribution < 1.29 is 22.7 Å². The molecule has 4 aromatic rings. The molecule has 47 heavy (non-hydrogen) atoms. The molecular weight excluding hydrogens is 611 g/mol. The van der Waals surface area contributed by atoms with Gasteiger partial charge in [-0.3, -0.25) is 13.9 Å². The average Bonchev–Trinajstić information content (AvgIpc) is 3.06. The maximum Gasteiger partial charge on any atom is 0.264 e. The zero-order valence-corrected chi connectivity index (χ0v) is 28.7. The van der Waals surface area contributed by atoms with Gasteiger partial charge in [0.25, 0.3) is 10.0 Å². The molecule has 0 saturated heterocycles. The molecule has 0 heterocycles. The lowest BCUT2D eigenvalue weighted by atomic mass is 10.0. The number of carbonyl (C=O) groups is 2. The van der Waals surface area contributed by atoms with Gasteiger partial charge in [-0.1, -0.05) is 97.3 Å². The van der Waals surface area contributed by atoms with E-state index in [0.29, 0.717) is 12.3 Å². The number of anilines is 1. The number of hydrogen-bond donors (Lipinski definition) is 1. The summed E-state index contributed by atoms with van der Waals surface area (Å²) in [6.07, 6.45) is 1.96. The first-order valence-electron chi connectivity index (χ1n) is 15.9. The number of sulfonamides is 1. The highest BCUT2D eigenvalue weighted by Gasteiger charge is 2.35. The van der Waals surface area contributed by atoms with Gasteiger partial charge < -0.3 is 15.0 Å². The molecule has 0 saturated carbocycles. The van der Waals surface area contributed by atoms with Gasteiger partial charge in [0.05, 0.1) is 17.7 Å². The summed E-state index contributed by atoms with van der Waals surface area (Å²) in [5, 5.41) is 3.02. The smallest absolute Gasteiger partial charge is 0.264 e. The third-order valence-electron chi connectivity index (χ3n) is 8.07. The summed E-state index contributed by atoms with van der Waals surface area (Å²) < 4.78 is 35.4. The van der Waals surface area contributed by atoms with E-state index in [0.717, 1.165) is 45.0 Å². The Bertz CT molecular complexity index is 1740. The third-order valence-corrected chi connectivity index (χ3v) is 9.84. The molecule has 0 fully saturated rings. The topological polar surface area (TPSA) is 96.0 Å². The van der Waals surface area contributed by atoms with Crippen LogP contribution < -0.4 is 14.4 Å². The number of hydrogen-bond acceptors (Lipinski definition) is 5. The van der Waals surface area contributed by atoms with Crippen molar-refractivity contribution in [2.45, 2.75) is 64.4 Å². The van der Waals surface area contributed by atoms with E-state index in [4.69, 9.17) is 4.74 Å². The normalized spacial score (nSPS) is 11.9. The molecular formula is C38H45N3O5S. The molecule has 0 spiro atoms. The minimum atomic E-state index is -4.24. The predicted octanol–water partition coefficient (Wildman–Crippen LogP) is 6.37. The highest BCUT2D eigenvalue weighted by molar-refractivity contribution is 7.92. The van der Waals surface area contributed by atoms with E-state index in [-0.39, 0.29) is 29.5 Å². The SMILES string of the molecule is CCCCNC(=O)C(Cc1ccccc1)N(Cc1ccc(C)cc1)C(=O)CN(c1cc(C)ccc1OC)S(=O)(=O)c1ccc(C)cc1. The molecule has 8 nitrogen and oxygen atoms in total. The van der Waals surface area contributed by atoms with Crippen molar-refractivity contribution in [1.29, 1.82) is 0 Å². The zero-order valence-electron chi connectivity index (χ0n) is 27.9. The summed E-state index contributed by atoms with van der Waals surface area (Å²) in [4.78, 5) is 30.1. The molecule has 1 atom stereocenters. The van der Waals surface area contributed by atoms with Gasteiger partial charge in [-0.25, -0.2) is 8.42 Å². The number of amides is 2. The molecule has 2 amide bonds. The van der Waals surface area contributed by atoms with E-state index in [2.05, 4.69) is 5.32 Å². The van der Waals surface area contributed by atoms with Crippen LogP contribution in [0.25, 0.3) is 0 Å². The van der Waals surface area contributed by atoms with E-state index in [1.165, 1.54) is 24.1 Å². The number of ether oxygens (including phenoxy) is 1. The molecule has 0 aromatic heterocycles. The van der Waals surface area contributed by atoms with Crippen molar-refractivity contribution in [3.05, 3.63) is 125 Å². The molecule has 1 N–H and O–H groups in total. The molecule has 0 aliphatic rings. The van der Waals surface area contributed by atoms with Crippen LogP contribution in [0.15, 0.2) is 102 Å². The Balaban J connectivity index is 1.83. The number of nitrogens with one attached hydrogen (secondary N) is 1. The van der Waals surface area contributed by atoms with Crippen LogP contribution in [0.4, 0.5) is 5.69 Å². The van der Waals surface area contributed by atoms with Gasteiger partial charge in [-0.15, -0.1) is 0 Å². The second kappa shape index (κ2) is 16.3. The number of rotatable bonds is 15. The molecule has 9 heteroatoms. The van der Waals surface area contributed by atoms with Gasteiger partial charge >= 0.3 is 0 Å². The van der Waals surface area contributed by atoms with Crippen LogP contribution in [0.1, 0.15) is 47.6 Å². The minimum Gasteiger partial charge on any atom is -0.495 e. The summed E-state index contributed by atoms with van der Waals surface area (Å²) >= 11 is 0. The Morgan fingerprint density at radius 1 is 0.809 bits per heavy atom. The average molecular weight is 656 g/mol. The van der Waals surface area contributed by atoms with Crippen molar-refractivity contribution in [2.24, 2.45) is 0 Å². The van der Waals surface area contributed by atoms with Gasteiger partial charge in [-0.05, 0) is 68.1 Å². The maximum absolute atomic E-state index is 14.7. The Labute approximate surface area is 279 Å². The first-order chi connectivity index (χ1) is 22.5. The van der Waals surface area contributed by atoms with Crippen LogP contribution in [0.2, 0.25) is 0 Å². The molecule has 4 aromatic carbocycles. The maximum atomic E-state index is 14.7. The monoisotopic (exact) mass is 655 g/mol. The Morgan fingerprint density at radius 2 is 1.43 bits per heavy atom. The highest BCUT2D eigenvalue weighted by atomic mass is 32.2. The predicted molar refractivity (Wildman–Crippen MR) is 187 cm³/mol. The van der Waals surface area contributed by atoms with Crippen LogP contribution in [0.3, 0.4) is 0 Å². The molecule has 4 rings (SSSR count). The van der Waals surface area contributed by atoms with Crippen LogP contribution in [0, 0.1) is 20.8 Å². The summed E-state index contributed by atoms with van der Waals surface area (Å²) in [6.45, 7) is 7.79. The van der Waals surface area contributed by atoms with Gasteiger partial charge in [0, 0.05) is 19.5 Å². The summed E-state index contributed by atoms with van der Waals surface area (Å²) in [7, 11) is -2.78. The van der Waals surface area contributed by atoms with E-state index in [1.807, 2.05) is 88.4 Å². The fourth-order valence-corrected chi connectivity index (χ4v) is 6.71. The van der Waals surface area contributed by atoms with E-state index < -0.39 is 28.5 Å².